The van der Waals surface area contributed by atoms with E-state index in [2.05, 4.69) is 32.3 Å². The van der Waals surface area contributed by atoms with Crippen LogP contribution in [0.4, 0.5) is 4.79 Å². The smallest absolute Gasteiger partial charge is 0.270 e. The van der Waals surface area contributed by atoms with Crippen molar-refractivity contribution in [2.75, 3.05) is 0 Å². The van der Waals surface area contributed by atoms with Crippen molar-refractivity contribution in [2.45, 2.75) is 5.54 Å². The van der Waals surface area contributed by atoms with E-state index in [1.165, 1.54) is 3.93 Å². The predicted octanol–water partition coefficient (Wildman–Crippen LogP) is 5.12. The normalized spacial score (nSPS) is 17.0. The maximum atomic E-state index is 12.9. The number of hydrogen-bond acceptors (Lipinski definition) is 2. The van der Waals surface area contributed by atoms with Gasteiger partial charge in [0.2, 0.25) is 0 Å². The van der Waals surface area contributed by atoms with E-state index in [1.54, 1.807) is 48.5 Å². The Hall–Kier alpha value is -1.08. The van der Waals surface area contributed by atoms with Crippen molar-refractivity contribution in [3.05, 3.63) is 69.7 Å². The quantitative estimate of drug-likeness (QED) is 0.444. The standard InChI is InChI=1S/C15H8Br2Cl2N2O2/c16-20-13(22)15(21(17)14(20)23,9-1-5-11(18)6-2-9)10-3-7-12(19)8-4-10/h1-8H. The molecule has 1 fully saturated rings. The molecule has 0 saturated carbocycles. The van der Waals surface area contributed by atoms with Gasteiger partial charge >= 0.3 is 6.03 Å². The average molecular weight is 479 g/mol. The molecule has 2 aromatic rings. The molecule has 0 atom stereocenters. The number of imide groups is 1. The van der Waals surface area contributed by atoms with Crippen molar-refractivity contribution in [2.24, 2.45) is 0 Å². The lowest BCUT2D eigenvalue weighted by atomic mass is 9.83. The van der Waals surface area contributed by atoms with Crippen molar-refractivity contribution >= 4 is 67.4 Å². The highest BCUT2D eigenvalue weighted by Crippen LogP contribution is 2.46. The molecule has 0 bridgehead atoms. The average Bonchev–Trinajstić information content (AvgIpc) is 2.72. The Morgan fingerprint density at radius 2 is 1.17 bits per heavy atom. The number of amides is 3. The number of nitrogens with zero attached hydrogens (tertiary/aromatic N) is 2. The van der Waals surface area contributed by atoms with Crippen molar-refractivity contribution < 1.29 is 9.59 Å². The maximum absolute atomic E-state index is 12.9. The number of rotatable bonds is 2. The van der Waals surface area contributed by atoms with E-state index in [1.807, 2.05) is 0 Å². The van der Waals surface area contributed by atoms with E-state index in [9.17, 15) is 9.59 Å². The van der Waals surface area contributed by atoms with E-state index in [0.717, 1.165) is 3.93 Å². The minimum atomic E-state index is -1.35. The zero-order chi connectivity index (χ0) is 16.8. The number of urea groups is 1. The van der Waals surface area contributed by atoms with Crippen LogP contribution in [0.25, 0.3) is 0 Å². The van der Waals surface area contributed by atoms with Gasteiger partial charge in [-0.2, -0.15) is 3.93 Å². The molecule has 0 aromatic heterocycles. The summed E-state index contributed by atoms with van der Waals surface area (Å²) in [5, 5.41) is 1.07. The fraction of sp³-hybridized carbons (Fsp3) is 0.0667. The number of benzene rings is 2. The van der Waals surface area contributed by atoms with Gasteiger partial charge in [0.1, 0.15) is 0 Å². The molecule has 118 valence electrons. The summed E-state index contributed by atoms with van der Waals surface area (Å²) < 4.78 is 2.11. The summed E-state index contributed by atoms with van der Waals surface area (Å²) >= 11 is 18.2. The molecule has 8 heteroatoms. The molecule has 1 aliphatic rings. The maximum Gasteiger partial charge on any atom is 0.348 e. The van der Waals surface area contributed by atoms with E-state index in [0.29, 0.717) is 21.2 Å². The molecule has 1 saturated heterocycles. The summed E-state index contributed by atoms with van der Waals surface area (Å²) in [4.78, 5) is 25.2. The number of carbonyl (C=O) groups excluding carboxylic acids is 2. The van der Waals surface area contributed by atoms with Crippen LogP contribution in [-0.4, -0.2) is 19.8 Å². The van der Waals surface area contributed by atoms with Crippen LogP contribution < -0.4 is 0 Å². The lowest BCUT2D eigenvalue weighted by Crippen LogP contribution is -2.43. The van der Waals surface area contributed by atoms with Crippen LogP contribution in [0.3, 0.4) is 0 Å². The van der Waals surface area contributed by atoms with E-state index in [4.69, 9.17) is 23.2 Å². The van der Waals surface area contributed by atoms with Gasteiger partial charge in [-0.1, -0.05) is 47.5 Å². The van der Waals surface area contributed by atoms with Crippen molar-refractivity contribution in [3.8, 4) is 0 Å². The van der Waals surface area contributed by atoms with Gasteiger partial charge in [0.15, 0.2) is 5.54 Å². The van der Waals surface area contributed by atoms with Crippen LogP contribution in [0.15, 0.2) is 48.5 Å². The Morgan fingerprint density at radius 3 is 1.48 bits per heavy atom. The fourth-order valence-corrected chi connectivity index (χ4v) is 4.16. The summed E-state index contributed by atoms with van der Waals surface area (Å²) in [5.41, 5.74) is -0.154. The Labute approximate surface area is 159 Å². The molecule has 3 amide bonds. The molecule has 3 rings (SSSR count). The van der Waals surface area contributed by atoms with Gasteiger partial charge in [0.05, 0.1) is 32.3 Å². The molecule has 0 unspecified atom stereocenters. The first-order valence-electron chi connectivity index (χ1n) is 6.41. The summed E-state index contributed by atoms with van der Waals surface area (Å²) in [7, 11) is 0. The van der Waals surface area contributed by atoms with Gasteiger partial charge in [-0.25, -0.2) is 8.72 Å². The second-order valence-corrected chi connectivity index (χ2v) is 7.17. The van der Waals surface area contributed by atoms with Gasteiger partial charge in [-0.15, -0.1) is 0 Å². The van der Waals surface area contributed by atoms with Crippen LogP contribution in [0.2, 0.25) is 10.0 Å². The molecule has 4 nitrogen and oxygen atoms in total. The molecule has 0 radical (unpaired) electrons. The second kappa shape index (κ2) is 6.09. The second-order valence-electron chi connectivity index (χ2n) is 4.87. The van der Waals surface area contributed by atoms with Crippen molar-refractivity contribution in [1.82, 2.24) is 7.85 Å². The third kappa shape index (κ3) is 2.48. The Morgan fingerprint density at radius 1 is 0.783 bits per heavy atom. The molecule has 2 aromatic carbocycles. The highest BCUT2D eigenvalue weighted by molar-refractivity contribution is 9.08. The van der Waals surface area contributed by atoms with E-state index < -0.39 is 17.5 Å². The number of halogens is 4. The zero-order valence-corrected chi connectivity index (χ0v) is 16.0. The van der Waals surface area contributed by atoms with Gasteiger partial charge in [-0.3, -0.25) is 4.79 Å². The van der Waals surface area contributed by atoms with Crippen LogP contribution in [-0.2, 0) is 10.3 Å². The Balaban J connectivity index is 2.30. The van der Waals surface area contributed by atoms with Gasteiger partial charge in [-0.05, 0) is 35.4 Å². The van der Waals surface area contributed by atoms with E-state index in [-0.39, 0.29) is 0 Å². The minimum absolute atomic E-state index is 0.441. The first-order chi connectivity index (χ1) is 10.9. The minimum Gasteiger partial charge on any atom is -0.270 e. The molecule has 0 spiro atoms. The van der Waals surface area contributed by atoms with Crippen LogP contribution in [0.1, 0.15) is 11.1 Å². The van der Waals surface area contributed by atoms with Crippen LogP contribution in [0.5, 0.6) is 0 Å². The highest BCUT2D eigenvalue weighted by Gasteiger charge is 2.59. The van der Waals surface area contributed by atoms with Crippen LogP contribution >= 0.6 is 55.5 Å². The SMILES string of the molecule is O=C1N(Br)C(=O)C(c2ccc(Cl)cc2)(c2ccc(Cl)cc2)N1Br. The summed E-state index contributed by atoms with van der Waals surface area (Å²) in [5.74, 6) is -0.441. The van der Waals surface area contributed by atoms with Gasteiger partial charge < -0.3 is 0 Å². The molecule has 1 aliphatic heterocycles. The third-order valence-electron chi connectivity index (χ3n) is 3.64. The van der Waals surface area contributed by atoms with Gasteiger partial charge in [0, 0.05) is 10.0 Å². The lowest BCUT2D eigenvalue weighted by Gasteiger charge is -2.31. The van der Waals surface area contributed by atoms with Crippen molar-refractivity contribution in [1.29, 1.82) is 0 Å². The van der Waals surface area contributed by atoms with E-state index >= 15 is 0 Å². The first-order valence-corrected chi connectivity index (χ1v) is 8.59. The number of hydrogen-bond donors (Lipinski definition) is 0. The number of carbonyl (C=O) groups is 2. The molecular weight excluding hydrogens is 471 g/mol. The highest BCUT2D eigenvalue weighted by atomic mass is 79.9. The topological polar surface area (TPSA) is 40.6 Å². The zero-order valence-electron chi connectivity index (χ0n) is 11.3. The largest absolute Gasteiger partial charge is 0.348 e. The molecule has 1 heterocycles. The Bertz CT molecular complexity index is 736. The molecule has 0 N–H and O–H groups in total. The van der Waals surface area contributed by atoms with Crippen molar-refractivity contribution in [3.63, 3.8) is 0 Å². The first kappa shape index (κ1) is 16.8. The fourth-order valence-electron chi connectivity index (χ4n) is 2.56. The predicted molar refractivity (Wildman–Crippen MR) is 95.6 cm³/mol. The van der Waals surface area contributed by atoms with Gasteiger partial charge in [0.25, 0.3) is 5.91 Å². The monoisotopic (exact) mass is 476 g/mol. The summed E-state index contributed by atoms with van der Waals surface area (Å²) in [6.07, 6.45) is 0. The summed E-state index contributed by atoms with van der Waals surface area (Å²) in [6.45, 7) is 0. The third-order valence-corrected chi connectivity index (χ3v) is 5.61. The Kier molecular flexibility index (Phi) is 4.44. The molecular formula is C15H8Br2Cl2N2O2. The summed E-state index contributed by atoms with van der Waals surface area (Å²) in [6, 6.07) is 13.0. The van der Waals surface area contributed by atoms with Crippen LogP contribution in [0, 0.1) is 0 Å². The molecule has 23 heavy (non-hydrogen) atoms. The molecule has 0 aliphatic carbocycles. The lowest BCUT2D eigenvalue weighted by molar-refractivity contribution is -0.127.